The molecule has 2 heteroatoms. The van der Waals surface area contributed by atoms with Crippen molar-refractivity contribution in [3.63, 3.8) is 0 Å². The van der Waals surface area contributed by atoms with Crippen LogP contribution in [-0.4, -0.2) is 4.57 Å². The highest BCUT2D eigenvalue weighted by Gasteiger charge is 2.20. The molecule has 0 unspecified atom stereocenters. The molecule has 0 aliphatic rings. The molecule has 0 fully saturated rings. The molecular weight excluding hydrogens is 316 g/mol. The lowest BCUT2D eigenvalue weighted by atomic mass is 10.1. The van der Waals surface area contributed by atoms with E-state index in [0.29, 0.717) is 5.92 Å². The van der Waals surface area contributed by atoms with E-state index in [2.05, 4.69) is 72.6 Å². The molecule has 0 saturated heterocycles. The van der Waals surface area contributed by atoms with Crippen molar-refractivity contribution in [2.24, 2.45) is 0 Å². The third kappa shape index (κ3) is 6.97. The van der Waals surface area contributed by atoms with Gasteiger partial charge in [-0.1, -0.05) is 83.2 Å². The molecule has 144 valence electrons. The van der Waals surface area contributed by atoms with Crippen molar-refractivity contribution in [2.75, 3.05) is 0 Å². The molecule has 1 aromatic carbocycles. The van der Waals surface area contributed by atoms with Gasteiger partial charge in [0.15, 0.2) is 0 Å². The lowest BCUT2D eigenvalue weighted by molar-refractivity contribution is -0.705. The van der Waals surface area contributed by atoms with Crippen molar-refractivity contribution in [1.82, 2.24) is 4.57 Å². The monoisotopic (exact) mass is 355 g/mol. The summed E-state index contributed by atoms with van der Waals surface area (Å²) >= 11 is 0. The zero-order valence-electron chi connectivity index (χ0n) is 17.3. The molecular formula is C24H39N2+. The molecule has 1 heterocycles. The average Bonchev–Trinajstić information content (AvgIpc) is 3.05. The molecule has 0 spiro atoms. The van der Waals surface area contributed by atoms with Gasteiger partial charge >= 0.3 is 0 Å². The van der Waals surface area contributed by atoms with Crippen molar-refractivity contribution in [3.8, 4) is 0 Å². The van der Waals surface area contributed by atoms with Gasteiger partial charge in [0.2, 0.25) is 0 Å². The number of imidazole rings is 1. The van der Waals surface area contributed by atoms with Gasteiger partial charge in [-0.2, -0.15) is 0 Å². The summed E-state index contributed by atoms with van der Waals surface area (Å²) in [7, 11) is 0. The summed E-state index contributed by atoms with van der Waals surface area (Å²) in [5.74, 6) is 2.07. The first-order valence-electron chi connectivity index (χ1n) is 10.8. The molecule has 2 nitrogen and oxygen atoms in total. The zero-order chi connectivity index (χ0) is 18.6. The van der Waals surface area contributed by atoms with E-state index >= 15 is 0 Å². The number of aromatic nitrogens is 2. The zero-order valence-corrected chi connectivity index (χ0v) is 17.3. The highest BCUT2D eigenvalue weighted by molar-refractivity contribution is 5.14. The van der Waals surface area contributed by atoms with Crippen LogP contribution in [0.2, 0.25) is 0 Å². The Kier molecular flexibility index (Phi) is 9.52. The minimum absolute atomic E-state index is 0.575. The second kappa shape index (κ2) is 11.9. The standard InChI is InChI=1S/C24H39N2/c1-4-5-6-7-8-9-13-18-25-20-21-26(24(25)22(2)3)19-14-17-23-15-11-10-12-16-23/h10-12,15-16,20-22H,4-9,13-14,17-19H2,1-3H3/q+1. The predicted octanol–water partition coefficient (Wildman–Crippen LogP) is 6.28. The molecule has 0 aliphatic heterocycles. The highest BCUT2D eigenvalue weighted by atomic mass is 15.1. The van der Waals surface area contributed by atoms with Gasteiger partial charge < -0.3 is 0 Å². The molecule has 0 radical (unpaired) electrons. The Bertz CT molecular complexity index is 598. The average molecular weight is 356 g/mol. The quantitative estimate of drug-likeness (QED) is 0.295. The number of hydrogen-bond acceptors (Lipinski definition) is 0. The Morgan fingerprint density at radius 3 is 2.27 bits per heavy atom. The van der Waals surface area contributed by atoms with Crippen LogP contribution in [0.25, 0.3) is 0 Å². The first kappa shape index (κ1) is 20.7. The predicted molar refractivity (Wildman–Crippen MR) is 111 cm³/mol. The van der Waals surface area contributed by atoms with Gasteiger partial charge in [-0.15, -0.1) is 0 Å². The van der Waals surface area contributed by atoms with Crippen molar-refractivity contribution < 1.29 is 4.57 Å². The minimum atomic E-state index is 0.575. The molecule has 26 heavy (non-hydrogen) atoms. The number of rotatable bonds is 13. The Hall–Kier alpha value is -1.57. The van der Waals surface area contributed by atoms with Crippen LogP contribution in [0.5, 0.6) is 0 Å². The fourth-order valence-corrected chi connectivity index (χ4v) is 3.86. The van der Waals surface area contributed by atoms with Crippen molar-refractivity contribution in [1.29, 1.82) is 0 Å². The molecule has 0 N–H and O–H groups in total. The Balaban J connectivity index is 1.79. The van der Waals surface area contributed by atoms with Crippen molar-refractivity contribution in [3.05, 3.63) is 54.1 Å². The third-order valence-corrected chi connectivity index (χ3v) is 5.24. The van der Waals surface area contributed by atoms with E-state index in [1.807, 2.05) is 0 Å². The summed E-state index contributed by atoms with van der Waals surface area (Å²) in [6.07, 6.45) is 16.6. The summed E-state index contributed by atoms with van der Waals surface area (Å²) in [5, 5.41) is 0. The summed E-state index contributed by atoms with van der Waals surface area (Å²) in [5.41, 5.74) is 1.45. The molecule has 0 atom stereocenters. The third-order valence-electron chi connectivity index (χ3n) is 5.24. The topological polar surface area (TPSA) is 8.81 Å². The van der Waals surface area contributed by atoms with Crippen LogP contribution in [0, 0.1) is 0 Å². The molecule has 0 amide bonds. The molecule has 1 aromatic heterocycles. The lowest BCUT2D eigenvalue weighted by Gasteiger charge is -2.08. The van der Waals surface area contributed by atoms with E-state index in [1.165, 1.54) is 69.3 Å². The first-order valence-corrected chi connectivity index (χ1v) is 10.8. The maximum absolute atomic E-state index is 2.50. The van der Waals surface area contributed by atoms with Crippen LogP contribution in [0.4, 0.5) is 0 Å². The number of aryl methyl sites for hydroxylation is 3. The van der Waals surface area contributed by atoms with E-state index in [9.17, 15) is 0 Å². The van der Waals surface area contributed by atoms with Crippen LogP contribution in [0.1, 0.15) is 89.4 Å². The fourth-order valence-electron chi connectivity index (χ4n) is 3.86. The van der Waals surface area contributed by atoms with Crippen molar-refractivity contribution >= 4 is 0 Å². The van der Waals surface area contributed by atoms with Gasteiger partial charge in [0.1, 0.15) is 12.4 Å². The molecule has 0 saturated carbocycles. The molecule has 2 rings (SSSR count). The summed E-state index contributed by atoms with van der Waals surface area (Å²) < 4.78 is 4.98. The first-order chi connectivity index (χ1) is 12.7. The van der Waals surface area contributed by atoms with Crippen LogP contribution in [-0.2, 0) is 19.5 Å². The SMILES string of the molecule is CCCCCCCCCn1cc[n+](CCCc2ccccc2)c1C(C)C. The number of unbranched alkanes of at least 4 members (excludes halogenated alkanes) is 6. The Morgan fingerprint density at radius 1 is 0.885 bits per heavy atom. The van der Waals surface area contributed by atoms with Crippen LogP contribution < -0.4 is 4.57 Å². The second-order valence-electron chi connectivity index (χ2n) is 7.91. The normalized spacial score (nSPS) is 11.4. The maximum Gasteiger partial charge on any atom is 0.258 e. The lowest BCUT2D eigenvalue weighted by Crippen LogP contribution is -2.38. The largest absolute Gasteiger partial charge is 0.258 e. The number of hydrogen-bond donors (Lipinski definition) is 0. The van der Waals surface area contributed by atoms with Gasteiger partial charge in [0.25, 0.3) is 5.82 Å². The second-order valence-corrected chi connectivity index (χ2v) is 7.91. The van der Waals surface area contributed by atoms with Gasteiger partial charge in [-0.05, 0) is 31.2 Å². The van der Waals surface area contributed by atoms with E-state index in [-0.39, 0.29) is 0 Å². The summed E-state index contributed by atoms with van der Waals surface area (Å²) in [6.45, 7) is 9.22. The number of benzene rings is 1. The molecule has 0 aliphatic carbocycles. The Morgan fingerprint density at radius 2 is 1.58 bits per heavy atom. The summed E-state index contributed by atoms with van der Waals surface area (Å²) in [6, 6.07) is 10.8. The van der Waals surface area contributed by atoms with E-state index in [1.54, 1.807) is 0 Å². The summed E-state index contributed by atoms with van der Waals surface area (Å²) in [4.78, 5) is 0. The van der Waals surface area contributed by atoms with E-state index < -0.39 is 0 Å². The fraction of sp³-hybridized carbons (Fsp3) is 0.625. The van der Waals surface area contributed by atoms with E-state index in [4.69, 9.17) is 0 Å². The molecule has 0 bridgehead atoms. The van der Waals surface area contributed by atoms with Crippen molar-refractivity contribution in [2.45, 2.75) is 97.6 Å². The van der Waals surface area contributed by atoms with Gasteiger partial charge in [0.05, 0.1) is 19.0 Å². The molecule has 2 aromatic rings. The minimum Gasteiger partial charge on any atom is -0.234 e. The van der Waals surface area contributed by atoms with Crippen LogP contribution in [0.15, 0.2) is 42.7 Å². The Labute approximate surface area is 161 Å². The maximum atomic E-state index is 2.50. The van der Waals surface area contributed by atoms with Gasteiger partial charge in [-0.3, -0.25) is 0 Å². The number of nitrogens with zero attached hydrogens (tertiary/aromatic N) is 2. The highest BCUT2D eigenvalue weighted by Crippen LogP contribution is 2.14. The van der Waals surface area contributed by atoms with Crippen LogP contribution >= 0.6 is 0 Å². The van der Waals surface area contributed by atoms with Crippen LogP contribution in [0.3, 0.4) is 0 Å². The van der Waals surface area contributed by atoms with Gasteiger partial charge in [-0.25, -0.2) is 9.13 Å². The van der Waals surface area contributed by atoms with Gasteiger partial charge in [0, 0.05) is 0 Å². The smallest absolute Gasteiger partial charge is 0.234 e. The van der Waals surface area contributed by atoms with E-state index in [0.717, 1.165) is 13.0 Å².